The van der Waals surface area contributed by atoms with E-state index in [-0.39, 0.29) is 11.8 Å². The minimum Gasteiger partial charge on any atom is -0.495 e. The van der Waals surface area contributed by atoms with E-state index in [9.17, 15) is 9.59 Å². The van der Waals surface area contributed by atoms with Crippen LogP contribution in [0.4, 0.5) is 11.4 Å². The smallest absolute Gasteiger partial charge is 0.260 e. The number of nitrogens with zero attached hydrogens (tertiary/aromatic N) is 1. The van der Waals surface area contributed by atoms with E-state index in [2.05, 4.69) is 5.32 Å². The van der Waals surface area contributed by atoms with Gasteiger partial charge in [-0.1, -0.05) is 72.8 Å². The fourth-order valence-corrected chi connectivity index (χ4v) is 4.24. The summed E-state index contributed by atoms with van der Waals surface area (Å²) in [7, 11) is 3.25. The van der Waals surface area contributed by atoms with Crippen LogP contribution >= 0.6 is 0 Å². The Morgan fingerprint density at radius 2 is 1.43 bits per heavy atom. The predicted octanol–water partition coefficient (Wildman–Crippen LogP) is 6.51. The lowest BCUT2D eigenvalue weighted by molar-refractivity contribution is 0.0993. The Balaban J connectivity index is 1.76. The van der Waals surface area contributed by atoms with E-state index in [1.165, 1.54) is 7.11 Å². The standard InChI is InChI=1S/C30H28N2O3/c1-20-12-8-9-18-25(20)32(3)30(34)24-17-11-19-26(35-4)28(24)31-29(33)27-21(2)13-10-16-23(27)22-14-6-5-7-15-22/h5-19H,1-4H3,(H,31,33). The van der Waals surface area contributed by atoms with Crippen molar-refractivity contribution in [3.8, 4) is 16.9 Å². The molecule has 0 bridgehead atoms. The van der Waals surface area contributed by atoms with Crippen molar-refractivity contribution in [2.24, 2.45) is 0 Å². The summed E-state index contributed by atoms with van der Waals surface area (Å²) in [6, 6.07) is 28.4. The van der Waals surface area contributed by atoms with Gasteiger partial charge in [-0.05, 0) is 54.3 Å². The number of rotatable bonds is 6. The molecule has 0 aliphatic heterocycles. The maximum absolute atomic E-state index is 13.7. The van der Waals surface area contributed by atoms with Crippen LogP contribution in [0.25, 0.3) is 11.1 Å². The SMILES string of the molecule is COc1cccc(C(=O)N(C)c2ccccc2C)c1NC(=O)c1c(C)cccc1-c1ccccc1. The van der Waals surface area contributed by atoms with Crippen molar-refractivity contribution >= 4 is 23.2 Å². The fraction of sp³-hybridized carbons (Fsp3) is 0.133. The summed E-state index contributed by atoms with van der Waals surface area (Å²) < 4.78 is 5.54. The lowest BCUT2D eigenvalue weighted by atomic mass is 9.95. The molecular weight excluding hydrogens is 436 g/mol. The summed E-state index contributed by atoms with van der Waals surface area (Å²) in [5.74, 6) is -0.141. The number of hydrogen-bond donors (Lipinski definition) is 1. The predicted molar refractivity (Wildman–Crippen MR) is 141 cm³/mol. The zero-order valence-corrected chi connectivity index (χ0v) is 20.3. The number of carbonyl (C=O) groups excluding carboxylic acids is 2. The summed E-state index contributed by atoms with van der Waals surface area (Å²) in [4.78, 5) is 28.8. The second-order valence-electron chi connectivity index (χ2n) is 8.35. The van der Waals surface area contributed by atoms with Gasteiger partial charge in [0, 0.05) is 12.7 Å². The maximum atomic E-state index is 13.7. The largest absolute Gasteiger partial charge is 0.495 e. The molecule has 0 aromatic heterocycles. The van der Waals surface area contributed by atoms with Crippen molar-refractivity contribution in [2.75, 3.05) is 24.4 Å². The molecule has 5 heteroatoms. The molecule has 4 rings (SSSR count). The number of anilines is 2. The Kier molecular flexibility index (Phi) is 6.97. The number of methoxy groups -OCH3 is 1. The minimum absolute atomic E-state index is 0.249. The van der Waals surface area contributed by atoms with Gasteiger partial charge < -0.3 is 15.0 Å². The van der Waals surface area contributed by atoms with Crippen molar-refractivity contribution in [2.45, 2.75) is 13.8 Å². The Morgan fingerprint density at radius 1 is 0.771 bits per heavy atom. The molecule has 4 aromatic carbocycles. The van der Waals surface area contributed by atoms with Crippen LogP contribution in [0.2, 0.25) is 0 Å². The molecule has 176 valence electrons. The molecule has 0 fully saturated rings. The van der Waals surface area contributed by atoms with Crippen LogP contribution in [0.1, 0.15) is 31.8 Å². The van der Waals surface area contributed by atoms with Crippen LogP contribution in [0.15, 0.2) is 91.0 Å². The Bertz CT molecular complexity index is 1380. The molecule has 0 saturated carbocycles. The van der Waals surface area contributed by atoms with E-state index in [4.69, 9.17) is 4.74 Å². The first-order valence-corrected chi connectivity index (χ1v) is 11.4. The molecule has 4 aromatic rings. The highest BCUT2D eigenvalue weighted by Crippen LogP contribution is 2.33. The number of hydrogen-bond acceptors (Lipinski definition) is 3. The molecule has 0 aliphatic rings. The third-order valence-corrected chi connectivity index (χ3v) is 6.08. The summed E-state index contributed by atoms with van der Waals surface area (Å²) in [6.07, 6.45) is 0. The van der Waals surface area contributed by atoms with Gasteiger partial charge in [0.1, 0.15) is 5.75 Å². The van der Waals surface area contributed by atoms with Crippen molar-refractivity contribution in [3.63, 3.8) is 0 Å². The molecule has 35 heavy (non-hydrogen) atoms. The van der Waals surface area contributed by atoms with Crippen molar-refractivity contribution in [3.05, 3.63) is 113 Å². The zero-order valence-electron chi connectivity index (χ0n) is 20.3. The van der Waals surface area contributed by atoms with Crippen LogP contribution in [0.5, 0.6) is 5.75 Å². The van der Waals surface area contributed by atoms with E-state index in [0.29, 0.717) is 22.6 Å². The van der Waals surface area contributed by atoms with Crippen LogP contribution in [-0.2, 0) is 0 Å². The minimum atomic E-state index is -0.306. The van der Waals surface area contributed by atoms with Gasteiger partial charge in [-0.3, -0.25) is 9.59 Å². The van der Waals surface area contributed by atoms with Crippen molar-refractivity contribution in [1.82, 2.24) is 0 Å². The summed E-state index contributed by atoms with van der Waals surface area (Å²) in [5.41, 5.74) is 5.61. The quantitative estimate of drug-likeness (QED) is 0.354. The van der Waals surface area contributed by atoms with Crippen molar-refractivity contribution in [1.29, 1.82) is 0 Å². The molecule has 0 spiro atoms. The fourth-order valence-electron chi connectivity index (χ4n) is 4.24. The lowest BCUT2D eigenvalue weighted by Gasteiger charge is -2.22. The van der Waals surface area contributed by atoms with Gasteiger partial charge in [-0.2, -0.15) is 0 Å². The van der Waals surface area contributed by atoms with Gasteiger partial charge >= 0.3 is 0 Å². The Hall–Kier alpha value is -4.38. The van der Waals surface area contributed by atoms with Gasteiger partial charge in [0.25, 0.3) is 11.8 Å². The van der Waals surface area contributed by atoms with Gasteiger partial charge in [0.15, 0.2) is 0 Å². The van der Waals surface area contributed by atoms with Gasteiger partial charge in [0.2, 0.25) is 0 Å². The first-order valence-electron chi connectivity index (χ1n) is 11.4. The highest BCUT2D eigenvalue weighted by molar-refractivity contribution is 6.16. The van der Waals surface area contributed by atoms with E-state index in [1.807, 2.05) is 86.6 Å². The van der Waals surface area contributed by atoms with Gasteiger partial charge in [-0.15, -0.1) is 0 Å². The summed E-state index contributed by atoms with van der Waals surface area (Å²) in [6.45, 7) is 3.86. The molecule has 0 saturated heterocycles. The third kappa shape index (κ3) is 4.80. The van der Waals surface area contributed by atoms with Gasteiger partial charge in [0.05, 0.1) is 23.9 Å². The van der Waals surface area contributed by atoms with Crippen LogP contribution in [0, 0.1) is 13.8 Å². The van der Waals surface area contributed by atoms with E-state index in [1.54, 1.807) is 30.1 Å². The first-order chi connectivity index (χ1) is 16.9. The molecular formula is C30H28N2O3. The molecule has 5 nitrogen and oxygen atoms in total. The second-order valence-corrected chi connectivity index (χ2v) is 8.35. The molecule has 0 heterocycles. The molecule has 0 radical (unpaired) electrons. The number of carbonyl (C=O) groups is 2. The monoisotopic (exact) mass is 464 g/mol. The topological polar surface area (TPSA) is 58.6 Å². The number of para-hydroxylation sites is 2. The number of amides is 2. The van der Waals surface area contributed by atoms with Crippen LogP contribution < -0.4 is 15.0 Å². The number of benzene rings is 4. The molecule has 1 N–H and O–H groups in total. The van der Waals surface area contributed by atoms with E-state index < -0.39 is 0 Å². The molecule has 2 amide bonds. The number of ether oxygens (including phenoxy) is 1. The number of aryl methyl sites for hydroxylation is 2. The summed E-state index contributed by atoms with van der Waals surface area (Å²) in [5, 5.41) is 2.99. The Morgan fingerprint density at radius 3 is 2.14 bits per heavy atom. The lowest BCUT2D eigenvalue weighted by Crippen LogP contribution is -2.28. The highest BCUT2D eigenvalue weighted by atomic mass is 16.5. The van der Waals surface area contributed by atoms with Crippen LogP contribution in [0.3, 0.4) is 0 Å². The van der Waals surface area contributed by atoms with Crippen LogP contribution in [-0.4, -0.2) is 26.0 Å². The maximum Gasteiger partial charge on any atom is 0.260 e. The average Bonchev–Trinajstić information content (AvgIpc) is 2.88. The van der Waals surface area contributed by atoms with Crippen molar-refractivity contribution < 1.29 is 14.3 Å². The summed E-state index contributed by atoms with van der Waals surface area (Å²) >= 11 is 0. The third-order valence-electron chi connectivity index (χ3n) is 6.08. The Labute approximate surface area is 206 Å². The van der Waals surface area contributed by atoms with E-state index in [0.717, 1.165) is 27.9 Å². The molecule has 0 aliphatic carbocycles. The highest BCUT2D eigenvalue weighted by Gasteiger charge is 2.24. The normalized spacial score (nSPS) is 10.5. The molecule has 0 atom stereocenters. The van der Waals surface area contributed by atoms with E-state index >= 15 is 0 Å². The number of nitrogens with one attached hydrogen (secondary N) is 1. The van der Waals surface area contributed by atoms with Gasteiger partial charge in [-0.25, -0.2) is 0 Å². The zero-order chi connectivity index (χ0) is 24.9. The second kappa shape index (κ2) is 10.3. The average molecular weight is 465 g/mol. The first kappa shape index (κ1) is 23.8. The molecule has 0 unspecified atom stereocenters.